The predicted octanol–water partition coefficient (Wildman–Crippen LogP) is 2.78. The summed E-state index contributed by atoms with van der Waals surface area (Å²) in [4.78, 5) is 0. The lowest BCUT2D eigenvalue weighted by atomic mass is 9.98. The second kappa shape index (κ2) is 6.11. The third-order valence-electron chi connectivity index (χ3n) is 2.60. The number of hydrogen-bond acceptors (Lipinski definition) is 2. The van der Waals surface area contributed by atoms with E-state index < -0.39 is 0 Å². The molecule has 0 saturated carbocycles. The van der Waals surface area contributed by atoms with Crippen LogP contribution in [0.1, 0.15) is 36.4 Å². The highest BCUT2D eigenvalue weighted by atomic mass is 35.5. The second-order valence-electron chi connectivity index (χ2n) is 3.89. The van der Waals surface area contributed by atoms with Crippen LogP contribution in [0.25, 0.3) is 0 Å². The molecule has 0 heterocycles. The van der Waals surface area contributed by atoms with Crippen LogP contribution in [0.15, 0.2) is 18.2 Å². The zero-order valence-corrected chi connectivity index (χ0v) is 9.93. The van der Waals surface area contributed by atoms with Crippen molar-refractivity contribution in [2.75, 3.05) is 6.54 Å². The number of hydrogen-bond donors (Lipinski definition) is 2. The maximum Gasteiger partial charge on any atom is 0.0408 e. The van der Waals surface area contributed by atoms with Crippen LogP contribution in [0.5, 0.6) is 0 Å². The van der Waals surface area contributed by atoms with Gasteiger partial charge in [-0.3, -0.25) is 0 Å². The third-order valence-corrected chi connectivity index (χ3v) is 2.84. The van der Waals surface area contributed by atoms with Crippen molar-refractivity contribution in [3.8, 4) is 0 Å². The Balaban J connectivity index is 2.61. The van der Waals surface area contributed by atoms with Crippen molar-refractivity contribution in [1.29, 1.82) is 0 Å². The number of unbranched alkanes of at least 4 members (excludes halogenated alkanes) is 1. The number of halogens is 1. The highest BCUT2D eigenvalue weighted by Crippen LogP contribution is 2.23. The molecule has 0 aliphatic rings. The van der Waals surface area contributed by atoms with E-state index in [0.717, 1.165) is 30.8 Å². The molecule has 84 valence electrons. The molecule has 0 aliphatic heterocycles. The molecule has 1 aromatic rings. The lowest BCUT2D eigenvalue weighted by Gasteiger charge is -2.14. The van der Waals surface area contributed by atoms with Gasteiger partial charge in [0.25, 0.3) is 0 Å². The van der Waals surface area contributed by atoms with Crippen molar-refractivity contribution in [2.45, 2.75) is 32.2 Å². The van der Waals surface area contributed by atoms with Crippen molar-refractivity contribution >= 4 is 11.6 Å². The molecule has 0 unspecified atom stereocenters. The van der Waals surface area contributed by atoms with E-state index in [9.17, 15) is 0 Å². The SMILES string of the molecule is Cc1cc(Cl)ccc1[C@H](N)CCCCN. The molecule has 0 aromatic heterocycles. The number of nitrogens with two attached hydrogens (primary N) is 2. The number of benzene rings is 1. The van der Waals surface area contributed by atoms with Crippen LogP contribution in [-0.2, 0) is 0 Å². The fourth-order valence-corrected chi connectivity index (χ4v) is 1.95. The first kappa shape index (κ1) is 12.5. The van der Waals surface area contributed by atoms with E-state index in [-0.39, 0.29) is 6.04 Å². The highest BCUT2D eigenvalue weighted by Gasteiger charge is 2.08. The summed E-state index contributed by atoms with van der Waals surface area (Å²) in [5.41, 5.74) is 13.9. The van der Waals surface area contributed by atoms with Gasteiger partial charge in [0.2, 0.25) is 0 Å². The minimum absolute atomic E-state index is 0.105. The molecule has 0 fully saturated rings. The molecule has 0 radical (unpaired) electrons. The van der Waals surface area contributed by atoms with Gasteiger partial charge in [0, 0.05) is 11.1 Å². The standard InChI is InChI=1S/C12H19ClN2/c1-9-8-10(13)5-6-11(9)12(15)4-2-3-7-14/h5-6,8,12H,2-4,7,14-15H2,1H3/t12-/m1/s1. The van der Waals surface area contributed by atoms with Gasteiger partial charge >= 0.3 is 0 Å². The Morgan fingerprint density at radius 1 is 1.33 bits per heavy atom. The Morgan fingerprint density at radius 2 is 2.07 bits per heavy atom. The van der Waals surface area contributed by atoms with Crippen molar-refractivity contribution in [2.24, 2.45) is 11.5 Å². The molecule has 0 amide bonds. The van der Waals surface area contributed by atoms with Gasteiger partial charge in [0.1, 0.15) is 0 Å². The Hall–Kier alpha value is -0.570. The Labute approximate surface area is 96.6 Å². The van der Waals surface area contributed by atoms with E-state index in [1.165, 1.54) is 11.1 Å². The first-order valence-electron chi connectivity index (χ1n) is 5.37. The van der Waals surface area contributed by atoms with Crippen LogP contribution in [-0.4, -0.2) is 6.54 Å². The highest BCUT2D eigenvalue weighted by molar-refractivity contribution is 6.30. The molecule has 1 atom stereocenters. The molecule has 0 aliphatic carbocycles. The van der Waals surface area contributed by atoms with Gasteiger partial charge in [-0.15, -0.1) is 0 Å². The van der Waals surface area contributed by atoms with Gasteiger partial charge < -0.3 is 11.5 Å². The van der Waals surface area contributed by atoms with Gasteiger partial charge in [-0.05, 0) is 49.6 Å². The normalized spacial score (nSPS) is 12.8. The molecule has 1 rings (SSSR count). The molecular formula is C12H19ClN2. The van der Waals surface area contributed by atoms with E-state index in [0.29, 0.717) is 0 Å². The van der Waals surface area contributed by atoms with E-state index in [1.807, 2.05) is 25.1 Å². The van der Waals surface area contributed by atoms with Crippen LogP contribution in [0, 0.1) is 6.92 Å². The quantitative estimate of drug-likeness (QED) is 0.759. The Kier molecular flexibility index (Phi) is 5.09. The zero-order valence-electron chi connectivity index (χ0n) is 9.17. The maximum absolute atomic E-state index is 6.10. The van der Waals surface area contributed by atoms with Crippen LogP contribution in [0.2, 0.25) is 5.02 Å². The third kappa shape index (κ3) is 3.82. The van der Waals surface area contributed by atoms with Crippen molar-refractivity contribution in [3.63, 3.8) is 0 Å². The fraction of sp³-hybridized carbons (Fsp3) is 0.500. The smallest absolute Gasteiger partial charge is 0.0408 e. The molecule has 3 heteroatoms. The molecule has 4 N–H and O–H groups in total. The van der Waals surface area contributed by atoms with Gasteiger partial charge in [0.15, 0.2) is 0 Å². The number of aryl methyl sites for hydroxylation is 1. The summed E-state index contributed by atoms with van der Waals surface area (Å²) in [7, 11) is 0. The molecule has 0 bridgehead atoms. The molecule has 15 heavy (non-hydrogen) atoms. The van der Waals surface area contributed by atoms with E-state index in [2.05, 4.69) is 0 Å². The van der Waals surface area contributed by atoms with Gasteiger partial charge in [-0.25, -0.2) is 0 Å². The maximum atomic E-state index is 6.10. The Bertz CT molecular complexity index is 312. The van der Waals surface area contributed by atoms with Crippen molar-refractivity contribution < 1.29 is 0 Å². The monoisotopic (exact) mass is 226 g/mol. The van der Waals surface area contributed by atoms with Crippen molar-refractivity contribution in [3.05, 3.63) is 34.3 Å². The molecule has 0 spiro atoms. The van der Waals surface area contributed by atoms with E-state index in [4.69, 9.17) is 23.1 Å². The van der Waals surface area contributed by atoms with Gasteiger partial charge in [-0.1, -0.05) is 24.1 Å². The Morgan fingerprint density at radius 3 is 2.67 bits per heavy atom. The number of rotatable bonds is 5. The van der Waals surface area contributed by atoms with Crippen LogP contribution < -0.4 is 11.5 Å². The molecule has 1 aromatic carbocycles. The van der Waals surface area contributed by atoms with Gasteiger partial charge in [-0.2, -0.15) is 0 Å². The largest absolute Gasteiger partial charge is 0.330 e. The van der Waals surface area contributed by atoms with Crippen molar-refractivity contribution in [1.82, 2.24) is 0 Å². The minimum atomic E-state index is 0.105. The molecular weight excluding hydrogens is 208 g/mol. The summed E-state index contributed by atoms with van der Waals surface area (Å²) >= 11 is 5.89. The molecule has 0 saturated heterocycles. The first-order chi connectivity index (χ1) is 7.15. The fourth-order valence-electron chi connectivity index (χ4n) is 1.72. The summed E-state index contributed by atoms with van der Waals surface area (Å²) < 4.78 is 0. The average Bonchev–Trinajstić information content (AvgIpc) is 2.17. The summed E-state index contributed by atoms with van der Waals surface area (Å²) in [5.74, 6) is 0. The molecule has 2 nitrogen and oxygen atoms in total. The average molecular weight is 227 g/mol. The summed E-state index contributed by atoms with van der Waals surface area (Å²) in [6.07, 6.45) is 3.11. The van der Waals surface area contributed by atoms with E-state index >= 15 is 0 Å². The second-order valence-corrected chi connectivity index (χ2v) is 4.33. The lowest BCUT2D eigenvalue weighted by Crippen LogP contribution is -2.12. The zero-order chi connectivity index (χ0) is 11.3. The van der Waals surface area contributed by atoms with E-state index in [1.54, 1.807) is 0 Å². The first-order valence-corrected chi connectivity index (χ1v) is 5.74. The van der Waals surface area contributed by atoms with Gasteiger partial charge in [0.05, 0.1) is 0 Å². The topological polar surface area (TPSA) is 52.0 Å². The predicted molar refractivity (Wildman–Crippen MR) is 66.0 cm³/mol. The summed E-state index contributed by atoms with van der Waals surface area (Å²) in [6.45, 7) is 2.79. The van der Waals surface area contributed by atoms with Crippen LogP contribution in [0.4, 0.5) is 0 Å². The van der Waals surface area contributed by atoms with Crippen LogP contribution in [0.3, 0.4) is 0 Å². The summed E-state index contributed by atoms with van der Waals surface area (Å²) in [6, 6.07) is 5.98. The lowest BCUT2D eigenvalue weighted by molar-refractivity contribution is 0.589. The van der Waals surface area contributed by atoms with Crippen LogP contribution >= 0.6 is 11.6 Å². The summed E-state index contributed by atoms with van der Waals surface area (Å²) in [5, 5.41) is 0.769. The minimum Gasteiger partial charge on any atom is -0.330 e.